The highest BCUT2D eigenvalue weighted by Gasteiger charge is 2.38. The molecule has 0 aliphatic carbocycles. The largest absolute Gasteiger partial charge is 0.383 e. The van der Waals surface area contributed by atoms with E-state index in [1.165, 1.54) is 38.9 Å². The molecule has 0 saturated carbocycles. The van der Waals surface area contributed by atoms with Gasteiger partial charge in [-0.25, -0.2) is 0 Å². The Morgan fingerprint density at radius 1 is 1.39 bits per heavy atom. The number of hydrogen-bond donors (Lipinski definition) is 1. The van der Waals surface area contributed by atoms with Gasteiger partial charge in [0, 0.05) is 25.2 Å². The first-order valence-electron chi connectivity index (χ1n) is 7.24. The van der Waals surface area contributed by atoms with Crippen molar-refractivity contribution in [1.29, 1.82) is 0 Å². The topological polar surface area (TPSA) is 41.7 Å². The normalized spacial score (nSPS) is 22.3. The van der Waals surface area contributed by atoms with Crippen molar-refractivity contribution in [2.75, 3.05) is 46.9 Å². The molecule has 0 aromatic carbocycles. The van der Waals surface area contributed by atoms with E-state index >= 15 is 0 Å². The van der Waals surface area contributed by atoms with E-state index in [1.807, 2.05) is 0 Å². The van der Waals surface area contributed by atoms with Crippen LogP contribution in [0.15, 0.2) is 0 Å². The van der Waals surface area contributed by atoms with Crippen LogP contribution < -0.4 is 5.73 Å². The SMILES string of the molecule is CCCN1CCC(CN)(N(C)C(C)COC)CC1. The molecule has 1 fully saturated rings. The van der Waals surface area contributed by atoms with E-state index in [0.717, 1.165) is 13.2 Å². The number of piperidine rings is 1. The Morgan fingerprint density at radius 3 is 2.44 bits per heavy atom. The number of ether oxygens (including phenoxy) is 1. The third-order valence-corrected chi connectivity index (χ3v) is 4.52. The van der Waals surface area contributed by atoms with Crippen LogP contribution in [0.4, 0.5) is 0 Å². The van der Waals surface area contributed by atoms with Gasteiger partial charge in [-0.3, -0.25) is 4.90 Å². The molecule has 0 amide bonds. The highest BCUT2D eigenvalue weighted by molar-refractivity contribution is 4.96. The summed E-state index contributed by atoms with van der Waals surface area (Å²) in [7, 11) is 3.97. The monoisotopic (exact) mass is 257 g/mol. The summed E-state index contributed by atoms with van der Waals surface area (Å²) in [5.74, 6) is 0. The third kappa shape index (κ3) is 3.67. The van der Waals surface area contributed by atoms with E-state index in [-0.39, 0.29) is 5.54 Å². The molecule has 1 heterocycles. The Labute approximate surface area is 112 Å². The molecule has 4 heteroatoms. The lowest BCUT2D eigenvalue weighted by molar-refractivity contribution is -0.00238. The zero-order chi connectivity index (χ0) is 13.6. The van der Waals surface area contributed by atoms with E-state index in [1.54, 1.807) is 7.11 Å². The van der Waals surface area contributed by atoms with Gasteiger partial charge in [-0.2, -0.15) is 0 Å². The summed E-state index contributed by atoms with van der Waals surface area (Å²) in [5, 5.41) is 0. The highest BCUT2D eigenvalue weighted by atomic mass is 16.5. The van der Waals surface area contributed by atoms with Crippen molar-refractivity contribution >= 4 is 0 Å². The first kappa shape index (κ1) is 15.9. The van der Waals surface area contributed by atoms with Crippen LogP contribution in [0.25, 0.3) is 0 Å². The minimum Gasteiger partial charge on any atom is -0.383 e. The summed E-state index contributed by atoms with van der Waals surface area (Å²) in [5.41, 5.74) is 6.26. The van der Waals surface area contributed by atoms with Gasteiger partial charge in [0.05, 0.1) is 6.61 Å². The summed E-state index contributed by atoms with van der Waals surface area (Å²) < 4.78 is 5.27. The number of rotatable bonds is 7. The molecule has 2 N–H and O–H groups in total. The fourth-order valence-corrected chi connectivity index (χ4v) is 3.03. The second kappa shape index (κ2) is 7.43. The molecule has 0 aromatic heterocycles. The molecule has 4 nitrogen and oxygen atoms in total. The Morgan fingerprint density at radius 2 is 2.00 bits per heavy atom. The second-order valence-electron chi connectivity index (χ2n) is 5.69. The lowest BCUT2D eigenvalue weighted by Gasteiger charge is -2.49. The Kier molecular flexibility index (Phi) is 6.57. The second-order valence-corrected chi connectivity index (χ2v) is 5.69. The van der Waals surface area contributed by atoms with E-state index in [4.69, 9.17) is 10.5 Å². The van der Waals surface area contributed by atoms with Crippen molar-refractivity contribution in [3.63, 3.8) is 0 Å². The lowest BCUT2D eigenvalue weighted by Crippen LogP contribution is -2.61. The third-order valence-electron chi connectivity index (χ3n) is 4.52. The van der Waals surface area contributed by atoms with Crippen molar-refractivity contribution in [1.82, 2.24) is 9.80 Å². The van der Waals surface area contributed by atoms with Gasteiger partial charge in [-0.05, 0) is 52.9 Å². The van der Waals surface area contributed by atoms with Gasteiger partial charge in [0.15, 0.2) is 0 Å². The molecule has 0 radical (unpaired) electrons. The quantitative estimate of drug-likeness (QED) is 0.743. The maximum atomic E-state index is 6.09. The highest BCUT2D eigenvalue weighted by Crippen LogP contribution is 2.28. The summed E-state index contributed by atoms with van der Waals surface area (Å²) in [6.07, 6.45) is 3.59. The number of likely N-dealkylation sites (tertiary alicyclic amines) is 1. The molecule has 0 bridgehead atoms. The van der Waals surface area contributed by atoms with Gasteiger partial charge < -0.3 is 15.4 Å². The number of likely N-dealkylation sites (N-methyl/N-ethyl adjacent to an activating group) is 1. The fraction of sp³-hybridized carbons (Fsp3) is 1.00. The first-order valence-corrected chi connectivity index (χ1v) is 7.24. The fourth-order valence-electron chi connectivity index (χ4n) is 3.03. The van der Waals surface area contributed by atoms with Crippen LogP contribution in [0, 0.1) is 0 Å². The molecular formula is C14H31N3O. The number of hydrogen-bond acceptors (Lipinski definition) is 4. The van der Waals surface area contributed by atoms with Crippen molar-refractivity contribution in [3.05, 3.63) is 0 Å². The van der Waals surface area contributed by atoms with Crippen molar-refractivity contribution in [2.45, 2.75) is 44.7 Å². The zero-order valence-electron chi connectivity index (χ0n) is 12.6. The molecule has 108 valence electrons. The molecule has 1 rings (SSSR count). The Balaban J connectivity index is 2.59. The van der Waals surface area contributed by atoms with E-state index in [2.05, 4.69) is 30.7 Å². The molecule has 1 aliphatic heterocycles. The predicted octanol–water partition coefficient (Wildman–Crippen LogP) is 1.16. The molecule has 1 aliphatic rings. The van der Waals surface area contributed by atoms with Gasteiger partial charge >= 0.3 is 0 Å². The molecule has 1 unspecified atom stereocenters. The molecule has 1 atom stereocenters. The summed E-state index contributed by atoms with van der Waals surface area (Å²) in [6.45, 7) is 9.56. The minimum atomic E-state index is 0.169. The summed E-state index contributed by atoms with van der Waals surface area (Å²) in [6, 6.07) is 0.427. The van der Waals surface area contributed by atoms with Gasteiger partial charge in [-0.1, -0.05) is 6.92 Å². The maximum Gasteiger partial charge on any atom is 0.0615 e. The van der Waals surface area contributed by atoms with Crippen LogP contribution in [-0.4, -0.2) is 68.3 Å². The zero-order valence-corrected chi connectivity index (χ0v) is 12.6. The molecular weight excluding hydrogens is 226 g/mol. The summed E-state index contributed by atoms with van der Waals surface area (Å²) >= 11 is 0. The van der Waals surface area contributed by atoms with Crippen molar-refractivity contribution in [2.24, 2.45) is 5.73 Å². The smallest absolute Gasteiger partial charge is 0.0615 e. The average molecular weight is 257 g/mol. The van der Waals surface area contributed by atoms with Crippen LogP contribution in [0.2, 0.25) is 0 Å². The van der Waals surface area contributed by atoms with Gasteiger partial charge in [0.25, 0.3) is 0 Å². The first-order chi connectivity index (χ1) is 8.59. The maximum absolute atomic E-state index is 6.09. The predicted molar refractivity (Wildman–Crippen MR) is 76.9 cm³/mol. The lowest BCUT2D eigenvalue weighted by atomic mass is 9.85. The van der Waals surface area contributed by atoms with Crippen LogP contribution in [0.5, 0.6) is 0 Å². The minimum absolute atomic E-state index is 0.169. The molecule has 18 heavy (non-hydrogen) atoms. The Hall–Kier alpha value is -0.160. The van der Waals surface area contributed by atoms with Crippen LogP contribution in [0.3, 0.4) is 0 Å². The standard InChI is InChI=1S/C14H31N3O/c1-5-8-17-9-6-14(12-15,7-10-17)16(3)13(2)11-18-4/h13H,5-12,15H2,1-4H3. The molecule has 1 saturated heterocycles. The van der Waals surface area contributed by atoms with Crippen LogP contribution in [0.1, 0.15) is 33.1 Å². The molecule has 0 aromatic rings. The van der Waals surface area contributed by atoms with E-state index in [9.17, 15) is 0 Å². The van der Waals surface area contributed by atoms with Gasteiger partial charge in [0.2, 0.25) is 0 Å². The van der Waals surface area contributed by atoms with Crippen molar-refractivity contribution < 1.29 is 4.74 Å². The number of nitrogens with two attached hydrogens (primary N) is 1. The molecule has 0 spiro atoms. The number of methoxy groups -OCH3 is 1. The average Bonchev–Trinajstić information content (AvgIpc) is 2.40. The van der Waals surface area contributed by atoms with Crippen molar-refractivity contribution in [3.8, 4) is 0 Å². The van der Waals surface area contributed by atoms with E-state index in [0.29, 0.717) is 6.04 Å². The van der Waals surface area contributed by atoms with E-state index < -0.39 is 0 Å². The van der Waals surface area contributed by atoms with Crippen LogP contribution in [-0.2, 0) is 4.74 Å². The van der Waals surface area contributed by atoms with Gasteiger partial charge in [-0.15, -0.1) is 0 Å². The Bertz CT molecular complexity index is 227. The van der Waals surface area contributed by atoms with Gasteiger partial charge in [0.1, 0.15) is 0 Å². The summed E-state index contributed by atoms with van der Waals surface area (Å²) in [4.78, 5) is 5.00. The number of nitrogens with zero attached hydrogens (tertiary/aromatic N) is 2. The van der Waals surface area contributed by atoms with Crippen LogP contribution >= 0.6 is 0 Å².